The number of carbonyl (C=O) groups is 1. The van der Waals surface area contributed by atoms with Crippen molar-refractivity contribution >= 4 is 11.5 Å². The van der Waals surface area contributed by atoms with Gasteiger partial charge in [0.1, 0.15) is 0 Å². The Kier molecular flexibility index (Phi) is 7.14. The van der Waals surface area contributed by atoms with Crippen molar-refractivity contribution in [3.05, 3.63) is 47.8 Å². The molecule has 0 unspecified atom stereocenters. The normalized spacial score (nSPS) is 36.8. The molecule has 4 aliphatic carbocycles. The molecule has 5 rings (SSSR count). The molecular weight excluding hydrogens is 410 g/mol. The van der Waals surface area contributed by atoms with Crippen LogP contribution in [0.1, 0.15) is 90.5 Å². The maximum absolute atomic E-state index is 10.2. The van der Waals surface area contributed by atoms with E-state index in [9.17, 15) is 9.90 Å². The molecule has 0 aromatic carbocycles. The molecule has 33 heavy (non-hydrogen) atoms. The SMILES string of the molecule is CCCCC(=O)O.C[C@]12CC[C@H](O)CC1=CC[C@@H]1[C@@H]2CC[C@]2(C)C(c3cccnc3)=CC[C@@H]12. The summed E-state index contributed by atoms with van der Waals surface area (Å²) in [5.74, 6) is 1.66. The summed E-state index contributed by atoms with van der Waals surface area (Å²) >= 11 is 0. The summed E-state index contributed by atoms with van der Waals surface area (Å²) in [5.41, 5.74) is 5.09. The Labute approximate surface area is 199 Å². The average molecular weight is 452 g/mol. The van der Waals surface area contributed by atoms with Crippen LogP contribution in [0.2, 0.25) is 0 Å². The molecule has 4 nitrogen and oxygen atoms in total. The molecule has 0 spiro atoms. The maximum Gasteiger partial charge on any atom is 0.303 e. The minimum atomic E-state index is -0.693. The quantitative estimate of drug-likeness (QED) is 0.502. The fourth-order valence-corrected chi connectivity index (χ4v) is 7.51. The second-order valence-electron chi connectivity index (χ2n) is 11.2. The summed E-state index contributed by atoms with van der Waals surface area (Å²) in [6, 6.07) is 4.31. The number of aliphatic hydroxyl groups excluding tert-OH is 1. The third kappa shape index (κ3) is 4.56. The van der Waals surface area contributed by atoms with Crippen LogP contribution in [0.25, 0.3) is 5.57 Å². The molecular formula is C29H41NO3. The van der Waals surface area contributed by atoms with E-state index in [1.807, 2.05) is 19.3 Å². The highest BCUT2D eigenvalue weighted by atomic mass is 16.4. The van der Waals surface area contributed by atoms with Gasteiger partial charge in [-0.1, -0.05) is 51.0 Å². The van der Waals surface area contributed by atoms with E-state index in [2.05, 4.69) is 43.1 Å². The van der Waals surface area contributed by atoms with Crippen LogP contribution in [0.3, 0.4) is 0 Å². The van der Waals surface area contributed by atoms with Gasteiger partial charge in [-0.25, -0.2) is 0 Å². The minimum absolute atomic E-state index is 0.106. The van der Waals surface area contributed by atoms with E-state index in [1.54, 1.807) is 11.1 Å². The lowest BCUT2D eigenvalue weighted by Gasteiger charge is -2.57. The number of aromatic nitrogens is 1. The van der Waals surface area contributed by atoms with Crippen LogP contribution < -0.4 is 0 Å². The van der Waals surface area contributed by atoms with E-state index < -0.39 is 5.97 Å². The number of hydrogen-bond donors (Lipinski definition) is 2. The van der Waals surface area contributed by atoms with E-state index in [0.717, 1.165) is 43.4 Å². The molecule has 1 aromatic rings. The molecule has 0 radical (unpaired) electrons. The van der Waals surface area contributed by atoms with Crippen molar-refractivity contribution in [1.29, 1.82) is 0 Å². The average Bonchev–Trinajstić information content (AvgIpc) is 3.16. The standard InChI is InChI=1S/C24H31NO.C5H10O2/c1-23-11-9-18(26)14-17(23)5-6-19-21-8-7-20(16-4-3-13-25-15-16)24(21,2)12-10-22(19)23;1-2-3-4-5(6)7/h3-5,7,13,15,18-19,21-22,26H,6,8-12,14H2,1-2H3;2-4H2,1H3,(H,6,7)/t18-,19-,21-,22-,23-,24+;/m0./s1. The zero-order valence-corrected chi connectivity index (χ0v) is 20.6. The number of carboxylic acid groups (broad SMARTS) is 1. The van der Waals surface area contributed by atoms with Crippen LogP contribution in [-0.2, 0) is 4.79 Å². The zero-order chi connectivity index (χ0) is 23.6. The van der Waals surface area contributed by atoms with Gasteiger partial charge in [-0.2, -0.15) is 0 Å². The first kappa shape index (κ1) is 24.2. The topological polar surface area (TPSA) is 70.4 Å². The Hall–Kier alpha value is -1.94. The van der Waals surface area contributed by atoms with E-state index in [0.29, 0.717) is 17.3 Å². The predicted octanol–water partition coefficient (Wildman–Crippen LogP) is 6.66. The van der Waals surface area contributed by atoms with Crippen LogP contribution in [0.15, 0.2) is 42.3 Å². The second kappa shape index (κ2) is 9.74. The third-order valence-corrected chi connectivity index (χ3v) is 9.38. The Morgan fingerprint density at radius 1 is 1.12 bits per heavy atom. The molecule has 1 aromatic heterocycles. The van der Waals surface area contributed by atoms with Gasteiger partial charge in [0.25, 0.3) is 0 Å². The molecule has 2 N–H and O–H groups in total. The largest absolute Gasteiger partial charge is 0.481 e. The van der Waals surface area contributed by atoms with Crippen LogP contribution in [-0.4, -0.2) is 27.3 Å². The smallest absolute Gasteiger partial charge is 0.303 e. The minimum Gasteiger partial charge on any atom is -0.481 e. The first-order valence-electron chi connectivity index (χ1n) is 13.0. The van der Waals surface area contributed by atoms with Gasteiger partial charge in [-0.15, -0.1) is 0 Å². The van der Waals surface area contributed by atoms with E-state index in [4.69, 9.17) is 5.11 Å². The Morgan fingerprint density at radius 2 is 1.91 bits per heavy atom. The lowest BCUT2D eigenvalue weighted by molar-refractivity contribution is -0.137. The van der Waals surface area contributed by atoms with Gasteiger partial charge in [-0.05, 0) is 97.2 Å². The molecule has 0 amide bonds. The summed E-state index contributed by atoms with van der Waals surface area (Å²) in [6.45, 7) is 7.00. The summed E-state index contributed by atoms with van der Waals surface area (Å²) in [7, 11) is 0. The number of allylic oxidation sites excluding steroid dienone is 3. The predicted molar refractivity (Wildman–Crippen MR) is 132 cm³/mol. The van der Waals surface area contributed by atoms with E-state index in [-0.39, 0.29) is 6.10 Å². The first-order chi connectivity index (χ1) is 15.8. The van der Waals surface area contributed by atoms with Crippen molar-refractivity contribution in [3.63, 3.8) is 0 Å². The summed E-state index contributed by atoms with van der Waals surface area (Å²) < 4.78 is 0. The lowest BCUT2D eigenvalue weighted by Crippen LogP contribution is -2.49. The first-order valence-corrected chi connectivity index (χ1v) is 13.0. The molecule has 1 heterocycles. The van der Waals surface area contributed by atoms with Crippen LogP contribution in [0.5, 0.6) is 0 Å². The van der Waals surface area contributed by atoms with Gasteiger partial charge in [0.05, 0.1) is 6.10 Å². The molecule has 6 atom stereocenters. The van der Waals surface area contributed by atoms with Crippen LogP contribution in [0, 0.1) is 28.6 Å². The molecule has 0 bridgehead atoms. The molecule has 4 aliphatic rings. The lowest BCUT2D eigenvalue weighted by atomic mass is 9.47. The number of rotatable bonds is 4. The highest BCUT2D eigenvalue weighted by Gasteiger charge is 2.56. The number of unbranched alkanes of at least 4 members (excludes halogenated alkanes) is 1. The van der Waals surface area contributed by atoms with Crippen molar-refractivity contribution in [3.8, 4) is 0 Å². The van der Waals surface area contributed by atoms with Gasteiger partial charge in [0.15, 0.2) is 0 Å². The van der Waals surface area contributed by atoms with Crippen molar-refractivity contribution < 1.29 is 15.0 Å². The molecule has 4 heteroatoms. The van der Waals surface area contributed by atoms with Gasteiger partial charge in [0, 0.05) is 18.8 Å². The summed E-state index contributed by atoms with van der Waals surface area (Å²) in [4.78, 5) is 14.1. The van der Waals surface area contributed by atoms with Crippen LogP contribution >= 0.6 is 0 Å². The van der Waals surface area contributed by atoms with Crippen LogP contribution in [0.4, 0.5) is 0 Å². The number of hydrogen-bond acceptors (Lipinski definition) is 3. The molecule has 2 saturated carbocycles. The number of carboxylic acids is 1. The fraction of sp³-hybridized carbons (Fsp3) is 0.655. The maximum atomic E-state index is 10.2. The number of nitrogens with zero attached hydrogens (tertiary/aromatic N) is 1. The Morgan fingerprint density at radius 3 is 2.58 bits per heavy atom. The van der Waals surface area contributed by atoms with Crippen molar-refractivity contribution in [2.24, 2.45) is 28.6 Å². The van der Waals surface area contributed by atoms with Crippen molar-refractivity contribution in [2.45, 2.75) is 91.1 Å². The van der Waals surface area contributed by atoms with Crippen molar-refractivity contribution in [1.82, 2.24) is 4.98 Å². The van der Waals surface area contributed by atoms with E-state index >= 15 is 0 Å². The highest BCUT2D eigenvalue weighted by molar-refractivity contribution is 5.72. The number of pyridine rings is 1. The second-order valence-corrected chi connectivity index (χ2v) is 11.2. The summed E-state index contributed by atoms with van der Waals surface area (Å²) in [5, 5.41) is 18.2. The fourth-order valence-electron chi connectivity index (χ4n) is 7.51. The highest BCUT2D eigenvalue weighted by Crippen LogP contribution is 2.66. The molecule has 180 valence electrons. The van der Waals surface area contributed by atoms with Gasteiger partial charge < -0.3 is 10.2 Å². The molecule has 2 fully saturated rings. The number of fused-ring (bicyclic) bond motifs is 5. The number of aliphatic carboxylic acids is 1. The Balaban J connectivity index is 0.000000325. The summed E-state index contributed by atoms with van der Waals surface area (Å²) in [6.07, 6.45) is 19.1. The van der Waals surface area contributed by atoms with E-state index in [1.165, 1.54) is 37.7 Å². The third-order valence-electron chi connectivity index (χ3n) is 9.38. The van der Waals surface area contributed by atoms with Gasteiger partial charge in [-0.3, -0.25) is 9.78 Å². The van der Waals surface area contributed by atoms with Gasteiger partial charge in [0.2, 0.25) is 0 Å². The number of aliphatic hydroxyl groups is 1. The molecule has 0 aliphatic heterocycles. The zero-order valence-electron chi connectivity index (χ0n) is 20.6. The Bertz CT molecular complexity index is 907. The molecule has 0 saturated heterocycles. The van der Waals surface area contributed by atoms with Gasteiger partial charge >= 0.3 is 5.97 Å². The monoisotopic (exact) mass is 451 g/mol. The van der Waals surface area contributed by atoms with Crippen molar-refractivity contribution in [2.75, 3.05) is 0 Å².